The van der Waals surface area contributed by atoms with Crippen LogP contribution in [-0.2, 0) is 53.1 Å². The summed E-state index contributed by atoms with van der Waals surface area (Å²) in [7, 11) is -23.3. The van der Waals surface area contributed by atoms with Crippen LogP contribution >= 0.6 is 0 Å². The van der Waals surface area contributed by atoms with Crippen LogP contribution in [0.3, 0.4) is 0 Å². The van der Waals surface area contributed by atoms with Crippen LogP contribution in [-0.4, -0.2) is 120 Å². The second-order valence-electron chi connectivity index (χ2n) is 19.0. The number of halogens is 12. The molecule has 4 aliphatic rings. The summed E-state index contributed by atoms with van der Waals surface area (Å²) in [4.78, 5) is 37.5. The van der Waals surface area contributed by atoms with Crippen LogP contribution in [0.5, 0.6) is 11.5 Å². The molecule has 34 heteroatoms. The molecule has 0 bridgehead atoms. The lowest BCUT2D eigenvalue weighted by Crippen LogP contribution is -2.46. The van der Waals surface area contributed by atoms with Crippen molar-refractivity contribution >= 4 is 74.2 Å². The van der Waals surface area contributed by atoms with Gasteiger partial charge in [-0.1, -0.05) is 12.1 Å². The van der Waals surface area contributed by atoms with E-state index in [-0.39, 0.29) is 65.1 Å². The van der Waals surface area contributed by atoms with Crippen molar-refractivity contribution in [3.8, 4) is 11.5 Å². The zero-order valence-corrected chi connectivity index (χ0v) is 43.9. The van der Waals surface area contributed by atoms with Gasteiger partial charge in [-0.25, -0.2) is 17.9 Å². The Kier molecular flexibility index (Phi) is 14.1. The molecular formula is C46H38F12N6O12S4. The number of amides is 2. The second-order valence-corrected chi connectivity index (χ2v) is 25.7. The monoisotopic (exact) mass is 1220 g/mol. The normalized spacial score (nSPS) is 19.9. The number of alkyl halides is 12. The molecule has 2 saturated heterocycles. The zero-order valence-electron chi connectivity index (χ0n) is 40.6. The van der Waals surface area contributed by atoms with Crippen LogP contribution in [0.25, 0.3) is 22.1 Å². The largest absolute Gasteiger partial charge is 0.534 e. The van der Waals surface area contributed by atoms with Gasteiger partial charge in [-0.05, 0) is 134 Å². The van der Waals surface area contributed by atoms with Crippen molar-refractivity contribution in [2.24, 2.45) is 0 Å². The molecule has 6 aromatic rings. The van der Waals surface area contributed by atoms with Gasteiger partial charge in [0.2, 0.25) is 0 Å². The smallest absolute Gasteiger partial charge is 0.376 e. The highest BCUT2D eigenvalue weighted by Crippen LogP contribution is 2.47. The number of likely N-dealkylation sites (tertiary alicyclic amines) is 2. The Hall–Kier alpha value is -6.68. The summed E-state index contributed by atoms with van der Waals surface area (Å²) in [6.45, 7) is 3.37. The summed E-state index contributed by atoms with van der Waals surface area (Å²) in [5.41, 5.74) is -20.6. The topological polar surface area (TPSA) is 231 Å². The van der Waals surface area contributed by atoms with Gasteiger partial charge >= 0.3 is 62.3 Å². The summed E-state index contributed by atoms with van der Waals surface area (Å²) < 4.78 is 258. The van der Waals surface area contributed by atoms with E-state index < -0.39 is 103 Å². The van der Waals surface area contributed by atoms with Crippen LogP contribution in [0.1, 0.15) is 91.6 Å². The third kappa shape index (κ3) is 10.1. The van der Waals surface area contributed by atoms with E-state index in [4.69, 9.17) is 0 Å². The van der Waals surface area contributed by atoms with Crippen LogP contribution in [0.2, 0.25) is 0 Å². The number of hydrogen-bond donors (Lipinski definition) is 0. The minimum atomic E-state index is -5.90. The summed E-state index contributed by atoms with van der Waals surface area (Å²) in [6, 6.07) is 11.6. The number of piperidine rings is 2. The van der Waals surface area contributed by atoms with Crippen molar-refractivity contribution in [2.75, 3.05) is 13.1 Å². The standard InChI is InChI=1S/2C23H19F6N3O6S2/c1-12-7-14-9-19-15(16(14)10-20(12)38-40(36,37)23(27,28)29)3-2-6-31(19)21(33)13-4-5-18-17(8-13)30-11-32(18)39(34,35)22(24,25)26;1-12-7-14-9-18-15(16(14)10-20(12)38-40(36,37)23(27,28)29)3-2-6-31(18)21(33)13-4-5-17-19(8-13)32(11-30-17)39(34,35)22(24,25)26/h4-5,7-8,10-11,15,19H,2-3,6,9H2,1H3;4-5,7-8,10-11,15,18H,2-3,6,9H2,1H3/t15?,19-;15?,18-/m00/s1. The second kappa shape index (κ2) is 19.5. The van der Waals surface area contributed by atoms with Gasteiger partial charge in [0.15, 0.2) is 0 Å². The lowest BCUT2D eigenvalue weighted by Gasteiger charge is -2.38. The number of aromatic nitrogens is 4. The number of carbonyl (C=O) groups is 2. The Morgan fingerprint density at radius 3 is 1.34 bits per heavy atom. The van der Waals surface area contributed by atoms with Gasteiger partial charge in [-0.2, -0.15) is 86.4 Å². The maximum absolute atomic E-state index is 13.5. The minimum absolute atomic E-state index is 0.0118. The maximum Gasteiger partial charge on any atom is 0.534 e. The van der Waals surface area contributed by atoms with E-state index >= 15 is 0 Å². The highest BCUT2D eigenvalue weighted by atomic mass is 32.2. The van der Waals surface area contributed by atoms with E-state index in [1.54, 1.807) is 4.90 Å². The molecule has 0 N–H and O–H groups in total. The molecule has 2 aliphatic carbocycles. The molecule has 2 aliphatic heterocycles. The fraction of sp³-hybridized carbons (Fsp3) is 0.391. The number of carbonyl (C=O) groups excluding carboxylic acids is 2. The highest BCUT2D eigenvalue weighted by Gasteiger charge is 2.52. The summed E-state index contributed by atoms with van der Waals surface area (Å²) in [5, 5.41) is 0. The molecule has 2 amide bonds. The van der Waals surface area contributed by atoms with Crippen LogP contribution in [0.4, 0.5) is 52.7 Å². The summed E-state index contributed by atoms with van der Waals surface area (Å²) >= 11 is 0. The molecule has 432 valence electrons. The number of fused-ring (bicyclic) bond motifs is 8. The minimum Gasteiger partial charge on any atom is -0.376 e. The molecule has 4 heterocycles. The SMILES string of the molecule is Cc1cc2c(cc1OS(=O)(=O)C(F)(F)F)C1CCCN(C(=O)c3ccc4c(c3)ncn4S(=O)(=O)C(F)(F)F)[C@H]1C2.Cc1cc2c(cc1OS(=O)(=O)C(F)(F)F)C1CCCN(C(=O)c3ccc4ncn(S(=O)(=O)C(F)(F)F)c4c3)[C@H]1C2. The van der Waals surface area contributed by atoms with Crippen molar-refractivity contribution in [3.05, 3.63) is 118 Å². The van der Waals surface area contributed by atoms with Crippen LogP contribution in [0, 0.1) is 13.8 Å². The van der Waals surface area contributed by atoms with E-state index in [2.05, 4.69) is 18.3 Å². The molecule has 80 heavy (non-hydrogen) atoms. The Morgan fingerprint density at radius 2 is 0.912 bits per heavy atom. The first-order chi connectivity index (χ1) is 36.8. The Morgan fingerprint density at radius 1 is 0.512 bits per heavy atom. The Bertz CT molecular complexity index is 4010. The van der Waals surface area contributed by atoms with Gasteiger partial charge in [-0.3, -0.25) is 9.59 Å². The van der Waals surface area contributed by atoms with Crippen molar-refractivity contribution in [3.63, 3.8) is 0 Å². The van der Waals surface area contributed by atoms with Gasteiger partial charge < -0.3 is 18.2 Å². The highest BCUT2D eigenvalue weighted by molar-refractivity contribution is 7.91. The quantitative estimate of drug-likeness (QED) is 0.0791. The fourth-order valence-electron chi connectivity index (χ4n) is 10.6. The van der Waals surface area contributed by atoms with E-state index in [0.717, 1.165) is 17.7 Å². The molecule has 0 spiro atoms. The van der Waals surface area contributed by atoms with E-state index in [9.17, 15) is 95.9 Å². The van der Waals surface area contributed by atoms with E-state index in [1.165, 1.54) is 67.3 Å². The van der Waals surface area contributed by atoms with Crippen LogP contribution < -0.4 is 8.37 Å². The van der Waals surface area contributed by atoms with Gasteiger partial charge in [0.05, 0.1) is 22.1 Å². The lowest BCUT2D eigenvalue weighted by atomic mass is 9.88. The summed E-state index contributed by atoms with van der Waals surface area (Å²) in [5.74, 6) is -2.73. The number of hydrogen-bond acceptors (Lipinski definition) is 14. The Labute approximate surface area is 445 Å². The predicted octanol–water partition coefficient (Wildman–Crippen LogP) is 8.43. The van der Waals surface area contributed by atoms with Gasteiger partial charge in [0.25, 0.3) is 11.8 Å². The van der Waals surface area contributed by atoms with Crippen molar-refractivity contribution < 1.29 is 104 Å². The van der Waals surface area contributed by atoms with Gasteiger partial charge in [0, 0.05) is 48.1 Å². The number of rotatable bonds is 8. The van der Waals surface area contributed by atoms with Crippen molar-refractivity contribution in [1.29, 1.82) is 0 Å². The number of nitrogens with zero attached hydrogens (tertiary/aromatic N) is 6. The molecule has 2 fully saturated rings. The molecule has 0 radical (unpaired) electrons. The Balaban J connectivity index is 0.000000194. The van der Waals surface area contributed by atoms with E-state index in [1.807, 2.05) is 0 Å². The first-order valence-corrected chi connectivity index (χ1v) is 29.0. The third-order valence-electron chi connectivity index (χ3n) is 14.2. The molecule has 2 aromatic heterocycles. The van der Waals surface area contributed by atoms with E-state index in [0.29, 0.717) is 74.4 Å². The van der Waals surface area contributed by atoms with Crippen molar-refractivity contribution in [1.82, 2.24) is 27.7 Å². The predicted molar refractivity (Wildman–Crippen MR) is 255 cm³/mol. The van der Waals surface area contributed by atoms with Gasteiger partial charge in [0.1, 0.15) is 24.2 Å². The number of aryl methyl sites for hydroxylation is 2. The van der Waals surface area contributed by atoms with Gasteiger partial charge in [-0.15, -0.1) is 0 Å². The fourth-order valence-corrected chi connectivity index (χ4v) is 13.2. The molecule has 0 saturated carbocycles. The third-order valence-corrected chi connectivity index (χ3v) is 18.9. The van der Waals surface area contributed by atoms with Crippen molar-refractivity contribution in [2.45, 2.75) is 98.3 Å². The average Bonchev–Trinajstić information content (AvgIpc) is 4.18. The lowest BCUT2D eigenvalue weighted by molar-refractivity contribution is -0.0505. The molecule has 10 rings (SSSR count). The molecule has 4 aromatic carbocycles. The zero-order chi connectivity index (χ0) is 58.8. The maximum atomic E-state index is 13.5. The average molecular weight is 1220 g/mol. The molecule has 2 unspecified atom stereocenters. The number of benzene rings is 4. The van der Waals surface area contributed by atoms with Crippen LogP contribution in [0.15, 0.2) is 73.3 Å². The summed E-state index contributed by atoms with van der Waals surface area (Å²) in [6.07, 6.45) is 3.72. The number of imidazole rings is 2. The first-order valence-electron chi connectivity index (χ1n) is 23.3. The first kappa shape index (κ1) is 58.0. The molecule has 18 nitrogen and oxygen atoms in total. The molecular weight excluding hydrogens is 1180 g/mol. The molecule has 4 atom stereocenters.